The Bertz CT molecular complexity index is 381. The van der Waals surface area contributed by atoms with Gasteiger partial charge in [0.2, 0.25) is 0 Å². The van der Waals surface area contributed by atoms with Crippen molar-refractivity contribution in [2.75, 3.05) is 31.7 Å². The molecule has 17 heavy (non-hydrogen) atoms. The zero-order chi connectivity index (χ0) is 12.3. The number of likely N-dealkylation sites (N-methyl/N-ethyl adjacent to an activating group) is 1. The van der Waals surface area contributed by atoms with E-state index >= 15 is 0 Å². The molecular weight excluding hydrogens is 240 g/mol. The maximum atomic E-state index is 10.4. The van der Waals surface area contributed by atoms with E-state index in [1.165, 1.54) is 0 Å². The van der Waals surface area contributed by atoms with Crippen LogP contribution < -0.4 is 4.90 Å². The Labute approximate surface area is 106 Å². The fourth-order valence-electron chi connectivity index (χ4n) is 2.07. The van der Waals surface area contributed by atoms with Crippen molar-refractivity contribution in [2.45, 2.75) is 18.4 Å². The first kappa shape index (κ1) is 12.6. The fraction of sp³-hybridized carbons (Fsp3) is 0.583. The third kappa shape index (κ3) is 3.31. The number of halogens is 1. The number of aliphatic hydroxyl groups is 1. The van der Waals surface area contributed by atoms with Crippen LogP contribution in [0.5, 0.6) is 0 Å². The summed E-state index contributed by atoms with van der Waals surface area (Å²) in [7, 11) is 1.94. The predicted molar refractivity (Wildman–Crippen MR) is 67.5 cm³/mol. The highest BCUT2D eigenvalue weighted by Crippen LogP contribution is 2.24. The number of rotatable bonds is 3. The molecule has 1 aliphatic heterocycles. The first-order chi connectivity index (χ1) is 8.09. The maximum Gasteiger partial charge on any atom is 0.131 e. The van der Waals surface area contributed by atoms with Gasteiger partial charge in [-0.3, -0.25) is 0 Å². The molecule has 0 atom stereocenters. The van der Waals surface area contributed by atoms with E-state index in [0.29, 0.717) is 37.8 Å². The average molecular weight is 257 g/mol. The van der Waals surface area contributed by atoms with Gasteiger partial charge in [-0.1, -0.05) is 11.6 Å². The van der Waals surface area contributed by atoms with E-state index in [-0.39, 0.29) is 0 Å². The lowest BCUT2D eigenvalue weighted by atomic mass is 9.94. The third-order valence-corrected chi connectivity index (χ3v) is 3.31. The summed E-state index contributed by atoms with van der Waals surface area (Å²) in [6.07, 6.45) is 3.02. The number of ether oxygens (including phenoxy) is 1. The van der Waals surface area contributed by atoms with Gasteiger partial charge >= 0.3 is 0 Å². The van der Waals surface area contributed by atoms with Gasteiger partial charge in [-0.25, -0.2) is 4.98 Å². The minimum Gasteiger partial charge on any atom is -0.388 e. The van der Waals surface area contributed by atoms with Crippen LogP contribution in [-0.4, -0.2) is 42.5 Å². The van der Waals surface area contributed by atoms with Crippen molar-refractivity contribution < 1.29 is 9.84 Å². The molecule has 0 spiro atoms. The Morgan fingerprint density at radius 2 is 2.24 bits per heavy atom. The molecule has 0 amide bonds. The monoisotopic (exact) mass is 256 g/mol. The van der Waals surface area contributed by atoms with Crippen molar-refractivity contribution in [1.29, 1.82) is 0 Å². The molecule has 1 fully saturated rings. The van der Waals surface area contributed by atoms with Gasteiger partial charge in [0.1, 0.15) is 5.15 Å². The van der Waals surface area contributed by atoms with E-state index in [9.17, 15) is 5.11 Å². The number of nitrogens with zero attached hydrogens (tertiary/aromatic N) is 2. The first-order valence-corrected chi connectivity index (χ1v) is 6.10. The topological polar surface area (TPSA) is 45.6 Å². The molecule has 2 rings (SSSR count). The van der Waals surface area contributed by atoms with Gasteiger partial charge in [0.15, 0.2) is 0 Å². The SMILES string of the molecule is CN(CC1(O)CCOCC1)c1ccnc(Cl)c1. The molecule has 0 radical (unpaired) electrons. The molecule has 1 aliphatic rings. The summed E-state index contributed by atoms with van der Waals surface area (Å²) in [5, 5.41) is 10.9. The van der Waals surface area contributed by atoms with Crippen LogP contribution in [0.2, 0.25) is 5.15 Å². The van der Waals surface area contributed by atoms with E-state index in [2.05, 4.69) is 4.98 Å². The lowest BCUT2D eigenvalue weighted by Gasteiger charge is -2.36. The highest BCUT2D eigenvalue weighted by Gasteiger charge is 2.31. The molecule has 0 unspecified atom stereocenters. The van der Waals surface area contributed by atoms with Crippen molar-refractivity contribution in [3.63, 3.8) is 0 Å². The summed E-state index contributed by atoms with van der Waals surface area (Å²) in [6.45, 7) is 1.83. The van der Waals surface area contributed by atoms with Crippen LogP contribution in [0.25, 0.3) is 0 Å². The van der Waals surface area contributed by atoms with Crippen LogP contribution in [0.1, 0.15) is 12.8 Å². The summed E-state index contributed by atoms with van der Waals surface area (Å²) in [6, 6.07) is 3.68. The summed E-state index contributed by atoms with van der Waals surface area (Å²) in [4.78, 5) is 5.94. The molecular formula is C12H17ClN2O2. The van der Waals surface area contributed by atoms with Crippen molar-refractivity contribution in [1.82, 2.24) is 4.98 Å². The van der Waals surface area contributed by atoms with Gasteiger partial charge < -0.3 is 14.7 Å². The molecule has 5 heteroatoms. The summed E-state index contributed by atoms with van der Waals surface area (Å²) >= 11 is 5.85. The minimum atomic E-state index is -0.664. The van der Waals surface area contributed by atoms with Crippen LogP contribution in [0.15, 0.2) is 18.3 Å². The second-order valence-corrected chi connectivity index (χ2v) is 4.92. The second kappa shape index (κ2) is 5.21. The smallest absolute Gasteiger partial charge is 0.131 e. The standard InChI is InChI=1S/C12H17ClN2O2/c1-15(10-2-5-14-11(13)8-10)9-12(16)3-6-17-7-4-12/h2,5,8,16H,3-4,6-7,9H2,1H3. The molecule has 0 aromatic carbocycles. The summed E-state index contributed by atoms with van der Waals surface area (Å²) in [5.41, 5.74) is 0.299. The van der Waals surface area contributed by atoms with Crippen LogP contribution in [0, 0.1) is 0 Å². The van der Waals surface area contributed by atoms with Crippen molar-refractivity contribution in [3.8, 4) is 0 Å². The van der Waals surface area contributed by atoms with E-state index in [1.807, 2.05) is 18.0 Å². The number of aromatic nitrogens is 1. The molecule has 0 aliphatic carbocycles. The number of hydrogen-bond acceptors (Lipinski definition) is 4. The quantitative estimate of drug-likeness (QED) is 0.837. The predicted octanol–water partition coefficient (Wildman–Crippen LogP) is 1.71. The van der Waals surface area contributed by atoms with Crippen LogP contribution in [0.3, 0.4) is 0 Å². The average Bonchev–Trinajstić information content (AvgIpc) is 2.29. The number of hydrogen-bond donors (Lipinski definition) is 1. The molecule has 1 saturated heterocycles. The first-order valence-electron chi connectivity index (χ1n) is 5.72. The fourth-order valence-corrected chi connectivity index (χ4v) is 2.24. The van der Waals surface area contributed by atoms with Crippen molar-refractivity contribution in [3.05, 3.63) is 23.5 Å². The lowest BCUT2D eigenvalue weighted by Crippen LogP contribution is -2.45. The molecule has 0 bridgehead atoms. The normalized spacial score (nSPS) is 19.0. The lowest BCUT2D eigenvalue weighted by molar-refractivity contribution is -0.0572. The van der Waals surface area contributed by atoms with Crippen LogP contribution in [-0.2, 0) is 4.74 Å². The van der Waals surface area contributed by atoms with E-state index in [1.54, 1.807) is 12.3 Å². The van der Waals surface area contributed by atoms with E-state index < -0.39 is 5.60 Å². The number of anilines is 1. The van der Waals surface area contributed by atoms with Gasteiger partial charge in [0, 0.05) is 51.5 Å². The van der Waals surface area contributed by atoms with Crippen molar-refractivity contribution in [2.24, 2.45) is 0 Å². The van der Waals surface area contributed by atoms with Gasteiger partial charge in [-0.05, 0) is 12.1 Å². The van der Waals surface area contributed by atoms with Gasteiger partial charge in [-0.2, -0.15) is 0 Å². The summed E-state index contributed by atoms with van der Waals surface area (Å²) < 4.78 is 5.26. The molecule has 1 aromatic heterocycles. The third-order valence-electron chi connectivity index (χ3n) is 3.11. The Morgan fingerprint density at radius 1 is 1.53 bits per heavy atom. The van der Waals surface area contributed by atoms with E-state index in [4.69, 9.17) is 16.3 Å². The summed E-state index contributed by atoms with van der Waals surface area (Å²) in [5.74, 6) is 0. The molecule has 1 N–H and O–H groups in total. The molecule has 4 nitrogen and oxygen atoms in total. The Morgan fingerprint density at radius 3 is 2.88 bits per heavy atom. The largest absolute Gasteiger partial charge is 0.388 e. The molecule has 1 aromatic rings. The number of pyridine rings is 1. The molecule has 2 heterocycles. The van der Waals surface area contributed by atoms with Crippen LogP contribution in [0.4, 0.5) is 5.69 Å². The zero-order valence-electron chi connectivity index (χ0n) is 9.90. The van der Waals surface area contributed by atoms with Crippen molar-refractivity contribution >= 4 is 17.3 Å². The van der Waals surface area contributed by atoms with Gasteiger partial charge in [0.05, 0.1) is 5.60 Å². The maximum absolute atomic E-state index is 10.4. The highest BCUT2D eigenvalue weighted by molar-refractivity contribution is 6.29. The van der Waals surface area contributed by atoms with Crippen LogP contribution >= 0.6 is 11.6 Å². The molecule has 94 valence electrons. The van der Waals surface area contributed by atoms with Gasteiger partial charge in [-0.15, -0.1) is 0 Å². The highest BCUT2D eigenvalue weighted by atomic mass is 35.5. The minimum absolute atomic E-state index is 0.466. The second-order valence-electron chi connectivity index (χ2n) is 4.53. The van der Waals surface area contributed by atoms with Gasteiger partial charge in [0.25, 0.3) is 0 Å². The molecule has 0 saturated carbocycles. The van der Waals surface area contributed by atoms with E-state index in [0.717, 1.165) is 5.69 Å². The Balaban J connectivity index is 2.03. The zero-order valence-corrected chi connectivity index (χ0v) is 10.7. The Kier molecular flexibility index (Phi) is 3.86. The Hall–Kier alpha value is -0.840.